The molecule has 0 bridgehead atoms. The molecule has 1 aromatic carbocycles. The van der Waals surface area contributed by atoms with E-state index in [0.29, 0.717) is 12.1 Å². The quantitative estimate of drug-likeness (QED) is 0.889. The first-order valence-corrected chi connectivity index (χ1v) is 6.98. The van der Waals surface area contributed by atoms with Crippen LogP contribution in [-0.4, -0.2) is 6.04 Å². The Hall–Kier alpha value is -1.06. The van der Waals surface area contributed by atoms with Gasteiger partial charge in [0.2, 0.25) is 0 Å². The molecule has 1 unspecified atom stereocenters. The Balaban J connectivity index is 1.90. The van der Waals surface area contributed by atoms with Crippen LogP contribution in [0.5, 0.6) is 0 Å². The summed E-state index contributed by atoms with van der Waals surface area (Å²) in [5, 5.41) is 3.58. The van der Waals surface area contributed by atoms with Crippen molar-refractivity contribution in [1.29, 1.82) is 0 Å². The molecule has 0 radical (unpaired) electrons. The summed E-state index contributed by atoms with van der Waals surface area (Å²) < 4.78 is 6.47. The van der Waals surface area contributed by atoms with Gasteiger partial charge in [-0.25, -0.2) is 0 Å². The summed E-state index contributed by atoms with van der Waals surface area (Å²) in [5.74, 6) is 1.03. The Morgan fingerprint density at radius 1 is 1.17 bits per heavy atom. The lowest BCUT2D eigenvalue weighted by molar-refractivity contribution is 0.429. The van der Waals surface area contributed by atoms with Crippen molar-refractivity contribution < 1.29 is 4.42 Å². The van der Waals surface area contributed by atoms with Crippen LogP contribution < -0.4 is 5.32 Å². The number of benzene rings is 1. The minimum atomic E-state index is 0.336. The Morgan fingerprint density at radius 2 is 1.89 bits per heavy atom. The highest BCUT2D eigenvalue weighted by molar-refractivity contribution is 9.10. The minimum absolute atomic E-state index is 0.336. The summed E-state index contributed by atoms with van der Waals surface area (Å²) in [5.41, 5.74) is 1.30. The van der Waals surface area contributed by atoms with Gasteiger partial charge in [-0.3, -0.25) is 0 Å². The molecule has 2 nitrogen and oxygen atoms in total. The van der Waals surface area contributed by atoms with Gasteiger partial charge < -0.3 is 9.73 Å². The van der Waals surface area contributed by atoms with Gasteiger partial charge in [0, 0.05) is 23.0 Å². The van der Waals surface area contributed by atoms with Gasteiger partial charge in [-0.2, -0.15) is 0 Å². The molecule has 1 aromatic heterocycles. The molecular formula is C15H18BrNO. The number of halogens is 1. The average Bonchev–Trinajstić information content (AvgIpc) is 2.82. The first-order chi connectivity index (χ1) is 8.65. The van der Waals surface area contributed by atoms with Crippen molar-refractivity contribution in [3.63, 3.8) is 0 Å². The highest BCUT2D eigenvalue weighted by Gasteiger charge is 2.10. The number of furan rings is 1. The van der Waals surface area contributed by atoms with E-state index in [1.165, 1.54) is 5.56 Å². The first-order valence-electron chi connectivity index (χ1n) is 6.19. The molecule has 0 saturated carbocycles. The van der Waals surface area contributed by atoms with Gasteiger partial charge in [-0.05, 0) is 43.7 Å². The number of nitrogens with one attached hydrogen (secondary N) is 1. The minimum Gasteiger partial charge on any atom is -0.469 e. The van der Waals surface area contributed by atoms with Crippen molar-refractivity contribution in [1.82, 2.24) is 5.32 Å². The third-order valence-electron chi connectivity index (χ3n) is 2.99. The zero-order valence-corrected chi connectivity index (χ0v) is 12.3. The molecule has 0 aliphatic rings. The fraction of sp³-hybridized carbons (Fsp3) is 0.333. The molecule has 1 N–H and O–H groups in total. The lowest BCUT2D eigenvalue weighted by Crippen LogP contribution is -2.30. The summed E-state index contributed by atoms with van der Waals surface area (Å²) in [4.78, 5) is 0. The summed E-state index contributed by atoms with van der Waals surface area (Å²) in [6.45, 7) is 4.36. The lowest BCUT2D eigenvalue weighted by atomic mass is 10.1. The molecule has 3 heteroatoms. The van der Waals surface area contributed by atoms with Crippen LogP contribution in [0.1, 0.15) is 31.2 Å². The average molecular weight is 308 g/mol. The Labute approximate surface area is 117 Å². The topological polar surface area (TPSA) is 25.2 Å². The summed E-state index contributed by atoms with van der Waals surface area (Å²) in [6.07, 6.45) is 2.63. The molecule has 0 aliphatic carbocycles. The molecule has 0 saturated heterocycles. The van der Waals surface area contributed by atoms with Crippen molar-refractivity contribution in [2.75, 3.05) is 0 Å². The van der Waals surface area contributed by atoms with Crippen molar-refractivity contribution in [3.05, 3.63) is 58.5 Å². The fourth-order valence-electron chi connectivity index (χ4n) is 2.06. The third kappa shape index (κ3) is 3.72. The van der Waals surface area contributed by atoms with Crippen LogP contribution in [0.2, 0.25) is 0 Å². The van der Waals surface area contributed by atoms with Gasteiger partial charge in [0.1, 0.15) is 5.76 Å². The van der Waals surface area contributed by atoms with E-state index in [-0.39, 0.29) is 0 Å². The van der Waals surface area contributed by atoms with E-state index in [1.807, 2.05) is 12.1 Å². The number of hydrogen-bond acceptors (Lipinski definition) is 2. The SMILES string of the molecule is CC(Cc1ccco1)N[C@@H](C)c1ccc(Br)cc1. The highest BCUT2D eigenvalue weighted by atomic mass is 79.9. The van der Waals surface area contributed by atoms with Gasteiger partial charge in [-0.15, -0.1) is 0 Å². The van der Waals surface area contributed by atoms with Crippen molar-refractivity contribution in [2.45, 2.75) is 32.4 Å². The van der Waals surface area contributed by atoms with Crippen LogP contribution in [-0.2, 0) is 6.42 Å². The second-order valence-electron chi connectivity index (χ2n) is 4.62. The van der Waals surface area contributed by atoms with Gasteiger partial charge >= 0.3 is 0 Å². The monoisotopic (exact) mass is 307 g/mol. The molecule has 0 aliphatic heterocycles. The summed E-state index contributed by atoms with van der Waals surface area (Å²) in [7, 11) is 0. The largest absolute Gasteiger partial charge is 0.469 e. The standard InChI is InChI=1S/C15H18BrNO/c1-11(10-15-4-3-9-18-15)17-12(2)13-5-7-14(16)8-6-13/h3-9,11-12,17H,10H2,1-2H3/t11?,12-/m0/s1. The zero-order chi connectivity index (χ0) is 13.0. The summed E-state index contributed by atoms with van der Waals surface area (Å²) in [6, 6.07) is 13.1. The zero-order valence-electron chi connectivity index (χ0n) is 10.7. The molecule has 1 heterocycles. The van der Waals surface area contributed by atoms with E-state index >= 15 is 0 Å². The van der Waals surface area contributed by atoms with Crippen molar-refractivity contribution in [2.24, 2.45) is 0 Å². The molecule has 2 atom stereocenters. The molecule has 0 amide bonds. The number of rotatable bonds is 5. The lowest BCUT2D eigenvalue weighted by Gasteiger charge is -2.19. The van der Waals surface area contributed by atoms with E-state index in [2.05, 4.69) is 59.4 Å². The van der Waals surface area contributed by atoms with Crippen LogP contribution in [0.15, 0.2) is 51.6 Å². The Bertz CT molecular complexity index is 464. The maximum Gasteiger partial charge on any atom is 0.105 e. The molecule has 2 rings (SSSR count). The number of hydrogen-bond donors (Lipinski definition) is 1. The smallest absolute Gasteiger partial charge is 0.105 e. The van der Waals surface area contributed by atoms with E-state index in [9.17, 15) is 0 Å². The van der Waals surface area contributed by atoms with Gasteiger partial charge in [-0.1, -0.05) is 28.1 Å². The van der Waals surface area contributed by atoms with Crippen molar-refractivity contribution in [3.8, 4) is 0 Å². The first kappa shape index (κ1) is 13.4. The van der Waals surface area contributed by atoms with Crippen LogP contribution in [0.25, 0.3) is 0 Å². The van der Waals surface area contributed by atoms with Gasteiger partial charge in [0.15, 0.2) is 0 Å². The molecule has 2 aromatic rings. The predicted molar refractivity (Wildman–Crippen MR) is 77.6 cm³/mol. The maximum absolute atomic E-state index is 5.36. The van der Waals surface area contributed by atoms with Crippen LogP contribution in [0.4, 0.5) is 0 Å². The third-order valence-corrected chi connectivity index (χ3v) is 3.52. The predicted octanol–water partition coefficient (Wildman–Crippen LogP) is 4.32. The molecule has 18 heavy (non-hydrogen) atoms. The van der Waals surface area contributed by atoms with Crippen LogP contribution in [0, 0.1) is 0 Å². The van der Waals surface area contributed by atoms with E-state index in [0.717, 1.165) is 16.7 Å². The Morgan fingerprint density at radius 3 is 2.50 bits per heavy atom. The van der Waals surface area contributed by atoms with E-state index < -0.39 is 0 Å². The second-order valence-corrected chi connectivity index (χ2v) is 5.54. The molecule has 96 valence electrons. The Kier molecular flexibility index (Phi) is 4.61. The van der Waals surface area contributed by atoms with E-state index in [4.69, 9.17) is 4.42 Å². The summed E-state index contributed by atoms with van der Waals surface area (Å²) >= 11 is 3.45. The molecule has 0 spiro atoms. The van der Waals surface area contributed by atoms with Crippen LogP contribution >= 0.6 is 15.9 Å². The normalized spacial score (nSPS) is 14.4. The molecule has 0 fully saturated rings. The van der Waals surface area contributed by atoms with E-state index in [1.54, 1.807) is 6.26 Å². The maximum atomic E-state index is 5.36. The molecular weight excluding hydrogens is 290 g/mol. The van der Waals surface area contributed by atoms with Crippen molar-refractivity contribution >= 4 is 15.9 Å². The highest BCUT2D eigenvalue weighted by Crippen LogP contribution is 2.17. The van der Waals surface area contributed by atoms with Crippen LogP contribution in [0.3, 0.4) is 0 Å². The van der Waals surface area contributed by atoms with Gasteiger partial charge in [0.05, 0.1) is 6.26 Å². The van der Waals surface area contributed by atoms with Gasteiger partial charge in [0.25, 0.3) is 0 Å². The second kappa shape index (κ2) is 6.21. The fourth-order valence-corrected chi connectivity index (χ4v) is 2.33.